The zero-order valence-corrected chi connectivity index (χ0v) is 7.43. The van der Waals surface area contributed by atoms with Crippen LogP contribution in [0, 0.1) is 0 Å². The molecule has 0 spiro atoms. The standard InChI is InChI=1S/C8H10N2O3/c1-6(11)10-5-3-4-9-8(10)13-7(2)12/h3-5,8H,1-2H3. The number of carbonyl (C=O) groups excluding carboxylic acids is 2. The Morgan fingerprint density at radius 1 is 1.46 bits per heavy atom. The lowest BCUT2D eigenvalue weighted by Crippen LogP contribution is -2.37. The third-order valence-corrected chi connectivity index (χ3v) is 1.42. The van der Waals surface area contributed by atoms with Crippen LogP contribution in [0.25, 0.3) is 0 Å². The largest absolute Gasteiger partial charge is 0.420 e. The van der Waals surface area contributed by atoms with Gasteiger partial charge < -0.3 is 4.74 Å². The molecule has 70 valence electrons. The van der Waals surface area contributed by atoms with Gasteiger partial charge in [-0.3, -0.25) is 14.5 Å². The van der Waals surface area contributed by atoms with Gasteiger partial charge in [-0.1, -0.05) is 0 Å². The van der Waals surface area contributed by atoms with Crippen LogP contribution in [-0.4, -0.2) is 29.3 Å². The van der Waals surface area contributed by atoms with E-state index in [0.29, 0.717) is 0 Å². The minimum absolute atomic E-state index is 0.223. The van der Waals surface area contributed by atoms with E-state index >= 15 is 0 Å². The summed E-state index contributed by atoms with van der Waals surface area (Å²) in [6, 6.07) is 0. The second-order valence-electron chi connectivity index (χ2n) is 2.50. The fourth-order valence-corrected chi connectivity index (χ4v) is 0.896. The number of rotatable bonds is 1. The number of ether oxygens (including phenoxy) is 1. The van der Waals surface area contributed by atoms with Crippen molar-refractivity contribution in [2.75, 3.05) is 0 Å². The van der Waals surface area contributed by atoms with Gasteiger partial charge in [0.25, 0.3) is 6.35 Å². The van der Waals surface area contributed by atoms with E-state index in [4.69, 9.17) is 4.74 Å². The van der Waals surface area contributed by atoms with Crippen LogP contribution >= 0.6 is 0 Å². The molecule has 1 heterocycles. The maximum absolute atomic E-state index is 11.0. The van der Waals surface area contributed by atoms with Crippen LogP contribution in [0.5, 0.6) is 0 Å². The maximum Gasteiger partial charge on any atom is 0.305 e. The quantitative estimate of drug-likeness (QED) is 0.547. The van der Waals surface area contributed by atoms with Crippen LogP contribution < -0.4 is 0 Å². The van der Waals surface area contributed by atoms with Crippen molar-refractivity contribution < 1.29 is 14.3 Å². The molecule has 0 saturated heterocycles. The van der Waals surface area contributed by atoms with Gasteiger partial charge in [-0.25, -0.2) is 4.99 Å². The van der Waals surface area contributed by atoms with Crippen molar-refractivity contribution in [3.8, 4) is 0 Å². The van der Waals surface area contributed by atoms with Crippen LogP contribution in [0.4, 0.5) is 0 Å². The van der Waals surface area contributed by atoms with Crippen molar-refractivity contribution in [1.29, 1.82) is 0 Å². The maximum atomic E-state index is 11.0. The van der Waals surface area contributed by atoms with Crippen molar-refractivity contribution in [3.63, 3.8) is 0 Å². The summed E-state index contributed by atoms with van der Waals surface area (Å²) in [7, 11) is 0. The summed E-state index contributed by atoms with van der Waals surface area (Å²) < 4.78 is 4.78. The van der Waals surface area contributed by atoms with Crippen molar-refractivity contribution in [2.24, 2.45) is 4.99 Å². The second kappa shape index (κ2) is 3.84. The van der Waals surface area contributed by atoms with Crippen LogP contribution in [-0.2, 0) is 14.3 Å². The molecule has 1 atom stereocenters. The molecule has 1 aliphatic rings. The number of carbonyl (C=O) groups is 2. The SMILES string of the molecule is CC(=O)OC1N=CC=CN1C(C)=O. The van der Waals surface area contributed by atoms with Gasteiger partial charge in [0.2, 0.25) is 5.91 Å². The van der Waals surface area contributed by atoms with Gasteiger partial charge in [0.1, 0.15) is 0 Å². The van der Waals surface area contributed by atoms with Gasteiger partial charge in [-0.05, 0) is 6.08 Å². The molecule has 1 amide bonds. The summed E-state index contributed by atoms with van der Waals surface area (Å²) in [4.78, 5) is 26.7. The molecule has 0 saturated carbocycles. The highest BCUT2D eigenvalue weighted by molar-refractivity contribution is 5.79. The lowest BCUT2D eigenvalue weighted by molar-refractivity contribution is -0.157. The highest BCUT2D eigenvalue weighted by Crippen LogP contribution is 2.08. The molecule has 0 aromatic carbocycles. The molecule has 0 bridgehead atoms. The van der Waals surface area contributed by atoms with E-state index < -0.39 is 12.3 Å². The number of hydrogen-bond acceptors (Lipinski definition) is 4. The van der Waals surface area contributed by atoms with E-state index in [0.717, 1.165) is 0 Å². The summed E-state index contributed by atoms with van der Waals surface area (Å²) >= 11 is 0. The van der Waals surface area contributed by atoms with Crippen LogP contribution in [0.3, 0.4) is 0 Å². The lowest BCUT2D eigenvalue weighted by Gasteiger charge is -2.25. The molecule has 0 radical (unpaired) electrons. The van der Waals surface area contributed by atoms with Crippen LogP contribution in [0.15, 0.2) is 17.3 Å². The molecule has 13 heavy (non-hydrogen) atoms. The fourth-order valence-electron chi connectivity index (χ4n) is 0.896. The molecular weight excluding hydrogens is 172 g/mol. The Bertz CT molecular complexity index is 283. The molecule has 0 aromatic heterocycles. The van der Waals surface area contributed by atoms with Gasteiger partial charge in [0, 0.05) is 26.3 Å². The topological polar surface area (TPSA) is 59.0 Å². The molecule has 5 heteroatoms. The average Bonchev–Trinajstić information content (AvgIpc) is 2.03. The van der Waals surface area contributed by atoms with E-state index in [9.17, 15) is 9.59 Å². The molecule has 1 rings (SSSR count). The smallest absolute Gasteiger partial charge is 0.305 e. The van der Waals surface area contributed by atoms with Gasteiger partial charge in [0.05, 0.1) is 0 Å². The van der Waals surface area contributed by atoms with E-state index in [1.807, 2.05) is 0 Å². The molecule has 1 aliphatic heterocycles. The minimum Gasteiger partial charge on any atom is -0.420 e. The zero-order chi connectivity index (χ0) is 9.84. The van der Waals surface area contributed by atoms with Gasteiger partial charge >= 0.3 is 5.97 Å². The summed E-state index contributed by atoms with van der Waals surface area (Å²) in [5, 5.41) is 0. The number of amides is 1. The van der Waals surface area contributed by atoms with E-state index in [-0.39, 0.29) is 5.91 Å². The zero-order valence-electron chi connectivity index (χ0n) is 7.43. The van der Waals surface area contributed by atoms with E-state index in [2.05, 4.69) is 4.99 Å². The summed E-state index contributed by atoms with van der Waals surface area (Å²) in [5.74, 6) is -0.692. The molecule has 0 aromatic rings. The first-order valence-electron chi connectivity index (χ1n) is 3.77. The normalized spacial score (nSPS) is 20.2. The Kier molecular flexibility index (Phi) is 2.79. The predicted octanol–water partition coefficient (Wildman–Crippen LogP) is 0.280. The first-order chi connectivity index (χ1) is 6.11. The molecule has 0 N–H and O–H groups in total. The van der Waals surface area contributed by atoms with E-state index in [1.54, 1.807) is 6.08 Å². The monoisotopic (exact) mass is 182 g/mol. The third kappa shape index (κ3) is 2.40. The number of aliphatic imine (C=N–C) groups is 1. The van der Waals surface area contributed by atoms with Crippen molar-refractivity contribution in [1.82, 2.24) is 4.90 Å². The first kappa shape index (κ1) is 9.44. The second-order valence-corrected chi connectivity index (χ2v) is 2.50. The summed E-state index contributed by atoms with van der Waals surface area (Å²) in [5.41, 5.74) is 0. The summed E-state index contributed by atoms with van der Waals surface area (Å²) in [6.45, 7) is 2.65. The summed E-state index contributed by atoms with van der Waals surface area (Å²) in [6.07, 6.45) is 3.75. The molecule has 1 unspecified atom stereocenters. The average molecular weight is 182 g/mol. The first-order valence-corrected chi connectivity index (χ1v) is 3.77. The highest BCUT2D eigenvalue weighted by atomic mass is 16.6. The van der Waals surface area contributed by atoms with E-state index in [1.165, 1.54) is 31.2 Å². The Balaban J connectivity index is 2.70. The number of esters is 1. The molecular formula is C8H10N2O3. The Morgan fingerprint density at radius 2 is 2.15 bits per heavy atom. The Labute approximate surface area is 75.7 Å². The Hall–Kier alpha value is -1.65. The van der Waals surface area contributed by atoms with Gasteiger partial charge in [-0.15, -0.1) is 0 Å². The van der Waals surface area contributed by atoms with Crippen LogP contribution in [0.2, 0.25) is 0 Å². The Morgan fingerprint density at radius 3 is 2.69 bits per heavy atom. The number of allylic oxidation sites excluding steroid dienone is 1. The molecule has 0 aliphatic carbocycles. The van der Waals surface area contributed by atoms with Crippen molar-refractivity contribution in [3.05, 3.63) is 12.3 Å². The highest BCUT2D eigenvalue weighted by Gasteiger charge is 2.21. The molecule has 0 fully saturated rings. The van der Waals surface area contributed by atoms with Crippen molar-refractivity contribution >= 4 is 18.1 Å². The van der Waals surface area contributed by atoms with Gasteiger partial charge in [-0.2, -0.15) is 0 Å². The predicted molar refractivity (Wildman–Crippen MR) is 45.7 cm³/mol. The van der Waals surface area contributed by atoms with Crippen LogP contribution in [0.1, 0.15) is 13.8 Å². The van der Waals surface area contributed by atoms with Gasteiger partial charge in [0.15, 0.2) is 0 Å². The third-order valence-electron chi connectivity index (χ3n) is 1.42. The number of nitrogens with zero attached hydrogens (tertiary/aromatic N) is 2. The minimum atomic E-state index is -0.847. The van der Waals surface area contributed by atoms with Crippen molar-refractivity contribution in [2.45, 2.75) is 20.2 Å². The lowest BCUT2D eigenvalue weighted by atomic mass is 10.5. The fraction of sp³-hybridized carbons (Fsp3) is 0.375. The number of hydrogen-bond donors (Lipinski definition) is 0. The molecule has 5 nitrogen and oxygen atoms in total.